The fourth-order valence-corrected chi connectivity index (χ4v) is 5.29. The van der Waals surface area contributed by atoms with Gasteiger partial charge in [0, 0.05) is 17.3 Å². The van der Waals surface area contributed by atoms with Crippen molar-refractivity contribution in [3.05, 3.63) is 84.8 Å². The third kappa shape index (κ3) is 5.49. The number of nitrogens with zero attached hydrogens (tertiary/aromatic N) is 5. The summed E-state index contributed by atoms with van der Waals surface area (Å²) in [6.07, 6.45) is 3.59. The van der Waals surface area contributed by atoms with E-state index in [1.54, 1.807) is 6.26 Å². The molecule has 1 aliphatic heterocycles. The first kappa shape index (κ1) is 23.4. The molecule has 0 spiro atoms. The number of furan rings is 1. The number of carbonyl (C=O) groups excluding carboxylic acids is 1. The molecule has 1 fully saturated rings. The summed E-state index contributed by atoms with van der Waals surface area (Å²) in [5.41, 5.74) is 1.95. The zero-order chi connectivity index (χ0) is 24.0. The summed E-state index contributed by atoms with van der Waals surface area (Å²) in [5, 5.41) is 9.67. The minimum Gasteiger partial charge on any atom is -0.467 e. The minimum absolute atomic E-state index is 0.0878. The molecule has 1 aliphatic rings. The first-order chi connectivity index (χ1) is 17.2. The number of likely N-dealkylation sites (tertiary alicyclic amines) is 1. The SMILES string of the molecule is CN1CCC(N(Cc2ccco2)C(=O)CSc2nnc(-c3ccccc3)n2-c2ccccc2)CC1. The van der Waals surface area contributed by atoms with Crippen LogP contribution < -0.4 is 0 Å². The molecule has 1 amide bonds. The molecule has 5 rings (SSSR count). The van der Waals surface area contributed by atoms with E-state index < -0.39 is 0 Å². The van der Waals surface area contributed by atoms with E-state index in [9.17, 15) is 4.79 Å². The van der Waals surface area contributed by atoms with Crippen molar-refractivity contribution in [2.24, 2.45) is 0 Å². The molecule has 35 heavy (non-hydrogen) atoms. The summed E-state index contributed by atoms with van der Waals surface area (Å²) in [6.45, 7) is 2.46. The Morgan fingerprint density at radius 2 is 1.71 bits per heavy atom. The van der Waals surface area contributed by atoms with Crippen LogP contribution in [0.25, 0.3) is 17.1 Å². The molecule has 7 nitrogen and oxygen atoms in total. The molecule has 3 heterocycles. The van der Waals surface area contributed by atoms with Gasteiger partial charge in [-0.15, -0.1) is 10.2 Å². The van der Waals surface area contributed by atoms with Gasteiger partial charge in [0.05, 0.1) is 18.6 Å². The molecule has 0 bridgehead atoms. The highest BCUT2D eigenvalue weighted by molar-refractivity contribution is 7.99. The number of para-hydroxylation sites is 1. The lowest BCUT2D eigenvalue weighted by Crippen LogP contribution is -2.46. The van der Waals surface area contributed by atoms with Gasteiger partial charge in [-0.25, -0.2) is 0 Å². The van der Waals surface area contributed by atoms with E-state index in [4.69, 9.17) is 4.42 Å². The quantitative estimate of drug-likeness (QED) is 0.335. The zero-order valence-electron chi connectivity index (χ0n) is 19.8. The number of benzene rings is 2. The third-order valence-electron chi connectivity index (χ3n) is 6.36. The Morgan fingerprint density at radius 1 is 1.00 bits per heavy atom. The molecule has 0 unspecified atom stereocenters. The van der Waals surface area contributed by atoms with Gasteiger partial charge >= 0.3 is 0 Å². The Hall–Kier alpha value is -3.36. The van der Waals surface area contributed by atoms with Crippen molar-refractivity contribution in [3.63, 3.8) is 0 Å². The molecule has 2 aromatic carbocycles. The number of amides is 1. The van der Waals surface area contributed by atoms with Crippen molar-refractivity contribution in [2.75, 3.05) is 25.9 Å². The molecular formula is C27H29N5O2S. The molecule has 0 radical (unpaired) electrons. The van der Waals surface area contributed by atoms with Crippen LogP contribution in [0.5, 0.6) is 0 Å². The second-order valence-electron chi connectivity index (χ2n) is 8.77. The molecule has 0 aliphatic carbocycles. The van der Waals surface area contributed by atoms with Crippen LogP contribution in [-0.2, 0) is 11.3 Å². The maximum absolute atomic E-state index is 13.5. The molecule has 180 valence electrons. The number of hydrogen-bond acceptors (Lipinski definition) is 6. The topological polar surface area (TPSA) is 67.4 Å². The van der Waals surface area contributed by atoms with Gasteiger partial charge < -0.3 is 14.2 Å². The molecule has 0 saturated carbocycles. The number of rotatable bonds is 8. The molecule has 0 N–H and O–H groups in total. The van der Waals surface area contributed by atoms with E-state index in [0.717, 1.165) is 48.8 Å². The second kappa shape index (κ2) is 10.9. The maximum Gasteiger partial charge on any atom is 0.233 e. The highest BCUT2D eigenvalue weighted by Crippen LogP contribution is 2.29. The summed E-state index contributed by atoms with van der Waals surface area (Å²) in [4.78, 5) is 17.8. The molecule has 1 saturated heterocycles. The lowest BCUT2D eigenvalue weighted by atomic mass is 10.0. The van der Waals surface area contributed by atoms with Crippen LogP contribution in [-0.4, -0.2) is 62.4 Å². The van der Waals surface area contributed by atoms with E-state index >= 15 is 0 Å². The molecule has 0 atom stereocenters. The summed E-state index contributed by atoms with van der Waals surface area (Å²) < 4.78 is 7.61. The zero-order valence-corrected chi connectivity index (χ0v) is 20.6. The van der Waals surface area contributed by atoms with Crippen molar-refractivity contribution in [1.29, 1.82) is 0 Å². The summed E-state index contributed by atoms with van der Waals surface area (Å²) >= 11 is 1.43. The molecule has 8 heteroatoms. The fraction of sp³-hybridized carbons (Fsp3) is 0.296. The predicted octanol–water partition coefficient (Wildman–Crippen LogP) is 4.74. The van der Waals surface area contributed by atoms with Crippen molar-refractivity contribution in [3.8, 4) is 17.1 Å². The van der Waals surface area contributed by atoms with Crippen LogP contribution in [0.3, 0.4) is 0 Å². The smallest absolute Gasteiger partial charge is 0.233 e. The predicted molar refractivity (Wildman–Crippen MR) is 137 cm³/mol. The van der Waals surface area contributed by atoms with E-state index in [1.807, 2.05) is 82.3 Å². The van der Waals surface area contributed by atoms with Crippen molar-refractivity contribution >= 4 is 17.7 Å². The highest BCUT2D eigenvalue weighted by Gasteiger charge is 2.28. The first-order valence-corrected chi connectivity index (χ1v) is 12.9. The van der Waals surface area contributed by atoms with Gasteiger partial charge in [-0.1, -0.05) is 60.3 Å². The molecule has 4 aromatic rings. The Morgan fingerprint density at radius 3 is 2.40 bits per heavy atom. The van der Waals surface area contributed by atoms with Crippen LogP contribution in [0.15, 0.2) is 88.6 Å². The van der Waals surface area contributed by atoms with Crippen LogP contribution in [0, 0.1) is 0 Å². The van der Waals surface area contributed by atoms with Gasteiger partial charge in [0.15, 0.2) is 11.0 Å². The summed E-state index contributed by atoms with van der Waals surface area (Å²) in [6, 6.07) is 24.1. The van der Waals surface area contributed by atoms with Gasteiger partial charge in [0.1, 0.15) is 5.76 Å². The average Bonchev–Trinajstić information content (AvgIpc) is 3.57. The Kier molecular flexibility index (Phi) is 7.30. The largest absolute Gasteiger partial charge is 0.467 e. The number of piperidine rings is 1. The second-order valence-corrected chi connectivity index (χ2v) is 9.71. The van der Waals surface area contributed by atoms with E-state index in [2.05, 4.69) is 22.1 Å². The van der Waals surface area contributed by atoms with Crippen LogP contribution in [0.4, 0.5) is 0 Å². The van der Waals surface area contributed by atoms with Gasteiger partial charge in [0.25, 0.3) is 0 Å². The number of carbonyl (C=O) groups is 1. The van der Waals surface area contributed by atoms with Crippen LogP contribution >= 0.6 is 11.8 Å². The summed E-state index contributed by atoms with van der Waals surface area (Å²) in [5.74, 6) is 1.94. The van der Waals surface area contributed by atoms with E-state index in [0.29, 0.717) is 11.7 Å². The number of aromatic nitrogens is 3. The van der Waals surface area contributed by atoms with Crippen molar-refractivity contribution < 1.29 is 9.21 Å². The fourth-order valence-electron chi connectivity index (χ4n) is 4.45. The first-order valence-electron chi connectivity index (χ1n) is 11.9. The standard InChI is InChI=1S/C27H29N5O2S/c1-30-16-14-22(15-17-30)31(19-24-13-8-18-34-24)25(33)20-35-27-29-28-26(21-9-4-2-5-10-21)32(27)23-11-6-3-7-12-23/h2-13,18,22H,14-17,19-20H2,1H3. The normalized spacial score (nSPS) is 14.8. The number of hydrogen-bond donors (Lipinski definition) is 0. The lowest BCUT2D eigenvalue weighted by Gasteiger charge is -2.37. The van der Waals surface area contributed by atoms with Crippen molar-refractivity contribution in [2.45, 2.75) is 30.6 Å². The highest BCUT2D eigenvalue weighted by atomic mass is 32.2. The molecular weight excluding hydrogens is 458 g/mol. The maximum atomic E-state index is 13.5. The van der Waals surface area contributed by atoms with Gasteiger partial charge in [-0.2, -0.15) is 0 Å². The Labute approximate surface area is 209 Å². The van der Waals surface area contributed by atoms with E-state index in [1.165, 1.54) is 11.8 Å². The van der Waals surface area contributed by atoms with Gasteiger partial charge in [-0.3, -0.25) is 9.36 Å². The lowest BCUT2D eigenvalue weighted by molar-refractivity contribution is -0.132. The Bertz CT molecular complexity index is 1220. The number of thioether (sulfide) groups is 1. The molecule has 2 aromatic heterocycles. The van der Waals surface area contributed by atoms with Gasteiger partial charge in [-0.05, 0) is 57.2 Å². The van der Waals surface area contributed by atoms with Gasteiger partial charge in [0.2, 0.25) is 5.91 Å². The third-order valence-corrected chi connectivity index (χ3v) is 7.27. The monoisotopic (exact) mass is 487 g/mol. The van der Waals surface area contributed by atoms with Crippen molar-refractivity contribution in [1.82, 2.24) is 24.6 Å². The van der Waals surface area contributed by atoms with Crippen LogP contribution in [0.2, 0.25) is 0 Å². The average molecular weight is 488 g/mol. The minimum atomic E-state index is 0.0878. The Balaban J connectivity index is 1.38. The summed E-state index contributed by atoms with van der Waals surface area (Å²) in [7, 11) is 2.13. The van der Waals surface area contributed by atoms with Crippen LogP contribution in [0.1, 0.15) is 18.6 Å². The van der Waals surface area contributed by atoms with E-state index in [-0.39, 0.29) is 17.7 Å².